The molecule has 1 saturated heterocycles. The zero-order valence-electron chi connectivity index (χ0n) is 8.15. The van der Waals surface area contributed by atoms with E-state index in [-0.39, 0.29) is 0 Å². The lowest BCUT2D eigenvalue weighted by Crippen LogP contribution is -2.17. The first-order chi connectivity index (χ1) is 6.95. The second kappa shape index (κ2) is 3.28. The van der Waals surface area contributed by atoms with Crippen LogP contribution in [0.15, 0.2) is 30.3 Å². The first-order valence-corrected chi connectivity index (χ1v) is 5.34. The van der Waals surface area contributed by atoms with Crippen LogP contribution in [0.1, 0.15) is 0 Å². The second-order valence-electron chi connectivity index (χ2n) is 4.27. The minimum atomic E-state index is 0.816. The third-order valence-electron chi connectivity index (χ3n) is 3.45. The van der Waals surface area contributed by atoms with Crippen LogP contribution in [-0.4, -0.2) is 19.7 Å². The molecule has 2 fully saturated rings. The summed E-state index contributed by atoms with van der Waals surface area (Å²) < 4.78 is 5.74. The Hall–Kier alpha value is -1.02. The predicted molar refractivity (Wildman–Crippen MR) is 55.3 cm³/mol. The number of hydrogen-bond donors (Lipinski definition) is 1. The summed E-state index contributed by atoms with van der Waals surface area (Å²) in [6.07, 6.45) is 0. The van der Waals surface area contributed by atoms with Gasteiger partial charge >= 0.3 is 0 Å². The molecule has 0 amide bonds. The lowest BCUT2D eigenvalue weighted by Gasteiger charge is -2.07. The number of fused-ring (bicyclic) bond motifs is 1. The summed E-state index contributed by atoms with van der Waals surface area (Å²) in [5.41, 5.74) is 0. The standard InChI is InChI=1S/C12H15NO/c1-2-4-9(5-3-1)14-8-12-10-6-13-7-11(10)12/h1-5,10-13H,6-8H2/t10-,11+,12?. The summed E-state index contributed by atoms with van der Waals surface area (Å²) in [7, 11) is 0. The van der Waals surface area contributed by atoms with Gasteiger partial charge in [-0.1, -0.05) is 18.2 Å². The highest BCUT2D eigenvalue weighted by atomic mass is 16.5. The van der Waals surface area contributed by atoms with Crippen LogP contribution in [0.25, 0.3) is 0 Å². The van der Waals surface area contributed by atoms with Crippen molar-refractivity contribution in [3.8, 4) is 5.75 Å². The van der Waals surface area contributed by atoms with Gasteiger partial charge in [-0.05, 0) is 37.1 Å². The molecule has 1 aromatic carbocycles. The van der Waals surface area contributed by atoms with Gasteiger partial charge in [-0.2, -0.15) is 0 Å². The topological polar surface area (TPSA) is 21.3 Å². The molecule has 1 heterocycles. The van der Waals surface area contributed by atoms with E-state index in [0.29, 0.717) is 0 Å². The Morgan fingerprint density at radius 2 is 1.86 bits per heavy atom. The molecular formula is C12H15NO. The summed E-state index contributed by atoms with van der Waals surface area (Å²) in [6.45, 7) is 3.31. The maximum atomic E-state index is 5.74. The summed E-state index contributed by atoms with van der Waals surface area (Å²) in [6, 6.07) is 10.1. The molecule has 1 saturated carbocycles. The van der Waals surface area contributed by atoms with Gasteiger partial charge in [-0.15, -0.1) is 0 Å². The third kappa shape index (κ3) is 1.40. The van der Waals surface area contributed by atoms with Crippen molar-refractivity contribution in [2.75, 3.05) is 19.7 Å². The molecule has 0 radical (unpaired) electrons. The summed E-state index contributed by atoms with van der Waals surface area (Å²) in [4.78, 5) is 0. The van der Waals surface area contributed by atoms with Gasteiger partial charge in [-0.25, -0.2) is 0 Å². The van der Waals surface area contributed by atoms with E-state index in [1.54, 1.807) is 0 Å². The van der Waals surface area contributed by atoms with Crippen LogP contribution in [0.5, 0.6) is 5.75 Å². The molecule has 0 bridgehead atoms. The van der Waals surface area contributed by atoms with Gasteiger partial charge in [0.15, 0.2) is 0 Å². The first kappa shape index (κ1) is 8.30. The highest BCUT2D eigenvalue weighted by Gasteiger charge is 2.52. The van der Waals surface area contributed by atoms with Crippen molar-refractivity contribution in [1.82, 2.24) is 5.32 Å². The van der Waals surface area contributed by atoms with E-state index < -0.39 is 0 Å². The van der Waals surface area contributed by atoms with E-state index in [0.717, 1.165) is 30.1 Å². The van der Waals surface area contributed by atoms with Crippen LogP contribution in [0.2, 0.25) is 0 Å². The van der Waals surface area contributed by atoms with Crippen LogP contribution >= 0.6 is 0 Å². The van der Waals surface area contributed by atoms with Gasteiger partial charge < -0.3 is 10.1 Å². The minimum Gasteiger partial charge on any atom is -0.493 e. The zero-order valence-corrected chi connectivity index (χ0v) is 8.15. The van der Waals surface area contributed by atoms with Crippen LogP contribution in [0, 0.1) is 17.8 Å². The lowest BCUT2D eigenvalue weighted by molar-refractivity contribution is 0.280. The minimum absolute atomic E-state index is 0.816. The molecule has 1 unspecified atom stereocenters. The normalized spacial score (nSPS) is 33.9. The fourth-order valence-corrected chi connectivity index (χ4v) is 2.50. The molecule has 3 rings (SSSR count). The molecule has 1 N–H and O–H groups in total. The fourth-order valence-electron chi connectivity index (χ4n) is 2.50. The molecule has 1 aliphatic heterocycles. The quantitative estimate of drug-likeness (QED) is 0.778. The van der Waals surface area contributed by atoms with Crippen molar-refractivity contribution in [1.29, 1.82) is 0 Å². The fraction of sp³-hybridized carbons (Fsp3) is 0.500. The summed E-state index contributed by atoms with van der Waals surface area (Å²) in [5.74, 6) is 3.62. The van der Waals surface area contributed by atoms with E-state index >= 15 is 0 Å². The van der Waals surface area contributed by atoms with Crippen molar-refractivity contribution in [3.05, 3.63) is 30.3 Å². The molecule has 3 atom stereocenters. The highest BCUT2D eigenvalue weighted by molar-refractivity contribution is 5.21. The first-order valence-electron chi connectivity index (χ1n) is 5.34. The summed E-state index contributed by atoms with van der Waals surface area (Å²) in [5, 5.41) is 3.39. The molecule has 0 spiro atoms. The van der Waals surface area contributed by atoms with Crippen LogP contribution in [0.3, 0.4) is 0 Å². The van der Waals surface area contributed by atoms with E-state index in [1.165, 1.54) is 13.1 Å². The van der Waals surface area contributed by atoms with Crippen molar-refractivity contribution in [3.63, 3.8) is 0 Å². The Morgan fingerprint density at radius 3 is 2.57 bits per heavy atom. The monoisotopic (exact) mass is 189 g/mol. The number of para-hydroxylation sites is 1. The average Bonchev–Trinajstić information content (AvgIpc) is 2.69. The van der Waals surface area contributed by atoms with Crippen molar-refractivity contribution in [2.45, 2.75) is 0 Å². The Balaban J connectivity index is 1.52. The number of ether oxygens (including phenoxy) is 1. The molecule has 2 heteroatoms. The van der Waals surface area contributed by atoms with Crippen molar-refractivity contribution in [2.24, 2.45) is 17.8 Å². The molecule has 2 nitrogen and oxygen atoms in total. The number of nitrogens with one attached hydrogen (secondary N) is 1. The Kier molecular flexibility index (Phi) is 1.95. The SMILES string of the molecule is c1ccc(OCC2[C@H]3CNC[C@@H]23)cc1. The van der Waals surface area contributed by atoms with Crippen LogP contribution in [0.4, 0.5) is 0 Å². The molecule has 0 aromatic heterocycles. The molecule has 1 aliphatic carbocycles. The average molecular weight is 189 g/mol. The van der Waals surface area contributed by atoms with E-state index in [1.807, 2.05) is 30.3 Å². The van der Waals surface area contributed by atoms with Crippen molar-refractivity contribution < 1.29 is 4.74 Å². The largest absolute Gasteiger partial charge is 0.493 e. The highest BCUT2D eigenvalue weighted by Crippen LogP contribution is 2.48. The number of piperidine rings is 1. The molecule has 74 valence electrons. The van der Waals surface area contributed by atoms with Gasteiger partial charge in [0.05, 0.1) is 6.61 Å². The number of benzene rings is 1. The van der Waals surface area contributed by atoms with E-state index in [4.69, 9.17) is 4.74 Å². The molecule has 14 heavy (non-hydrogen) atoms. The van der Waals surface area contributed by atoms with Gasteiger partial charge in [-0.3, -0.25) is 0 Å². The summed E-state index contributed by atoms with van der Waals surface area (Å²) >= 11 is 0. The number of hydrogen-bond acceptors (Lipinski definition) is 2. The predicted octanol–water partition coefficient (Wildman–Crippen LogP) is 1.53. The van der Waals surface area contributed by atoms with Gasteiger partial charge in [0, 0.05) is 5.92 Å². The second-order valence-corrected chi connectivity index (χ2v) is 4.27. The van der Waals surface area contributed by atoms with Gasteiger partial charge in [0.2, 0.25) is 0 Å². The number of rotatable bonds is 3. The Labute approximate surface area is 84.3 Å². The molecular weight excluding hydrogens is 174 g/mol. The van der Waals surface area contributed by atoms with Crippen molar-refractivity contribution >= 4 is 0 Å². The van der Waals surface area contributed by atoms with Crippen LogP contribution < -0.4 is 10.1 Å². The lowest BCUT2D eigenvalue weighted by atomic mass is 10.3. The third-order valence-corrected chi connectivity index (χ3v) is 3.45. The Morgan fingerprint density at radius 1 is 1.14 bits per heavy atom. The Bertz CT molecular complexity index is 301. The zero-order chi connectivity index (χ0) is 9.38. The van der Waals surface area contributed by atoms with E-state index in [9.17, 15) is 0 Å². The van der Waals surface area contributed by atoms with E-state index in [2.05, 4.69) is 5.32 Å². The smallest absolute Gasteiger partial charge is 0.119 e. The molecule has 1 aromatic rings. The molecule has 2 aliphatic rings. The van der Waals surface area contributed by atoms with Crippen LogP contribution in [-0.2, 0) is 0 Å². The maximum Gasteiger partial charge on any atom is 0.119 e. The van der Waals surface area contributed by atoms with Gasteiger partial charge in [0.1, 0.15) is 5.75 Å². The van der Waals surface area contributed by atoms with Gasteiger partial charge in [0.25, 0.3) is 0 Å². The maximum absolute atomic E-state index is 5.74.